The Hall–Kier alpha value is -3.59. The molecule has 15 heteroatoms. The van der Waals surface area contributed by atoms with E-state index in [1.165, 1.54) is 0 Å². The quantitative estimate of drug-likeness (QED) is 0.0713. The number of carbonyl (C=O) groups excluding carboxylic acids is 5. The van der Waals surface area contributed by atoms with Gasteiger partial charge in [-0.15, -0.1) is 0 Å². The van der Waals surface area contributed by atoms with Gasteiger partial charge in [-0.1, -0.05) is 40.0 Å². The van der Waals surface area contributed by atoms with Gasteiger partial charge in [0.1, 0.15) is 0 Å². The monoisotopic (exact) mass is 594 g/mol. The van der Waals surface area contributed by atoms with E-state index < -0.39 is 78.7 Å². The maximum absolute atomic E-state index is 12.2. The second-order valence-corrected chi connectivity index (χ2v) is 9.07. The molecule has 0 saturated heterocycles. The molecule has 0 aliphatic carbocycles. The number of carbonyl (C=O) groups is 7. The predicted molar refractivity (Wildman–Crippen MR) is 138 cm³/mol. The maximum atomic E-state index is 12.2. The Balaban J connectivity index is 0. The summed E-state index contributed by atoms with van der Waals surface area (Å²) in [7, 11) is 0. The molecule has 0 heterocycles. The van der Waals surface area contributed by atoms with Crippen LogP contribution in [0.3, 0.4) is 0 Å². The molecule has 0 amide bonds. The van der Waals surface area contributed by atoms with Gasteiger partial charge in [-0.25, -0.2) is 9.59 Å². The fourth-order valence-electron chi connectivity index (χ4n) is 2.79. The number of ether oxygens (including phenoxy) is 4. The van der Waals surface area contributed by atoms with Gasteiger partial charge in [0.2, 0.25) is 0 Å². The van der Waals surface area contributed by atoms with E-state index in [1.807, 2.05) is 20.8 Å². The number of hydrogen-bond acceptors (Lipinski definition) is 13. The smallest absolute Gasteiger partial charge is 0.339 e. The molecule has 0 aromatic heterocycles. The summed E-state index contributed by atoms with van der Waals surface area (Å²) in [4.78, 5) is 78.0. The van der Waals surface area contributed by atoms with E-state index >= 15 is 0 Å². The van der Waals surface area contributed by atoms with Crippen molar-refractivity contribution >= 4 is 41.8 Å². The molecule has 0 saturated carbocycles. The summed E-state index contributed by atoms with van der Waals surface area (Å²) >= 11 is 0. The van der Waals surface area contributed by atoms with Crippen molar-refractivity contribution in [1.82, 2.24) is 0 Å². The first kappa shape index (κ1) is 39.6. The zero-order valence-electron chi connectivity index (χ0n) is 24.0. The van der Waals surface area contributed by atoms with Gasteiger partial charge in [0.15, 0.2) is 11.2 Å². The highest BCUT2D eigenvalue weighted by molar-refractivity contribution is 5.92. The van der Waals surface area contributed by atoms with Crippen LogP contribution in [0.15, 0.2) is 0 Å². The molecule has 0 radical (unpaired) electrons. The lowest BCUT2D eigenvalue weighted by atomic mass is 9.95. The third-order valence-corrected chi connectivity index (χ3v) is 5.04. The Bertz CT molecular complexity index is 858. The van der Waals surface area contributed by atoms with Gasteiger partial charge in [-0.2, -0.15) is 0 Å². The lowest BCUT2D eigenvalue weighted by Crippen LogP contribution is -2.45. The molecule has 0 aliphatic rings. The molecule has 15 nitrogen and oxygen atoms in total. The first-order chi connectivity index (χ1) is 19.1. The van der Waals surface area contributed by atoms with Crippen LogP contribution in [0, 0.1) is 0 Å². The topological polar surface area (TPSA) is 237 Å². The Morgan fingerprint density at radius 1 is 0.585 bits per heavy atom. The maximum Gasteiger partial charge on any atom is 0.339 e. The number of esters is 5. The Morgan fingerprint density at radius 2 is 0.976 bits per heavy atom. The molecule has 0 bridgehead atoms. The molecular formula is C26H42O15. The van der Waals surface area contributed by atoms with Crippen molar-refractivity contribution in [2.45, 2.75) is 103 Å². The zero-order valence-corrected chi connectivity index (χ0v) is 24.0. The second-order valence-electron chi connectivity index (χ2n) is 9.07. The first-order valence-corrected chi connectivity index (χ1v) is 13.2. The van der Waals surface area contributed by atoms with Crippen LogP contribution in [0.5, 0.6) is 0 Å². The van der Waals surface area contributed by atoms with Crippen molar-refractivity contribution in [3.63, 3.8) is 0 Å². The summed E-state index contributed by atoms with van der Waals surface area (Å²) < 4.78 is 18.9. The van der Waals surface area contributed by atoms with E-state index in [4.69, 9.17) is 24.4 Å². The van der Waals surface area contributed by atoms with Crippen molar-refractivity contribution in [1.29, 1.82) is 0 Å². The molecule has 0 spiro atoms. The predicted octanol–water partition coefficient (Wildman–Crippen LogP) is 1.28. The van der Waals surface area contributed by atoms with Gasteiger partial charge in [-0.05, 0) is 19.3 Å². The van der Waals surface area contributed by atoms with Crippen LogP contribution < -0.4 is 0 Å². The molecule has 0 rings (SSSR count). The molecule has 0 aromatic carbocycles. The van der Waals surface area contributed by atoms with Gasteiger partial charge in [0, 0.05) is 6.92 Å². The highest BCUT2D eigenvalue weighted by Gasteiger charge is 2.43. The highest BCUT2D eigenvalue weighted by Crippen LogP contribution is 2.20. The third kappa shape index (κ3) is 19.2. The molecule has 0 aromatic rings. The van der Waals surface area contributed by atoms with E-state index in [0.717, 1.165) is 26.2 Å². The van der Waals surface area contributed by atoms with Crippen molar-refractivity contribution in [2.75, 3.05) is 19.8 Å². The van der Waals surface area contributed by atoms with E-state index in [1.54, 1.807) is 0 Å². The van der Waals surface area contributed by atoms with E-state index in [0.29, 0.717) is 19.3 Å². The molecule has 4 N–H and O–H groups in total. The number of aliphatic carboxylic acids is 2. The largest absolute Gasteiger partial charge is 0.481 e. The summed E-state index contributed by atoms with van der Waals surface area (Å²) in [6.07, 6.45) is 0.946. The fourth-order valence-corrected chi connectivity index (χ4v) is 2.79. The van der Waals surface area contributed by atoms with Crippen LogP contribution in [0.1, 0.15) is 91.9 Å². The summed E-state index contributed by atoms with van der Waals surface area (Å²) in [5.41, 5.74) is -5.04. The summed E-state index contributed by atoms with van der Waals surface area (Å²) in [6.45, 7) is 7.26. The average molecular weight is 595 g/mol. The van der Waals surface area contributed by atoms with Crippen molar-refractivity contribution in [3.05, 3.63) is 0 Å². The lowest BCUT2D eigenvalue weighted by Gasteiger charge is -2.24. The molecule has 0 aliphatic heterocycles. The molecule has 236 valence electrons. The van der Waals surface area contributed by atoms with Crippen LogP contribution in [0.2, 0.25) is 0 Å². The minimum Gasteiger partial charge on any atom is -0.481 e. The number of carboxylic acid groups (broad SMARTS) is 2. The molecule has 1 unspecified atom stereocenters. The lowest BCUT2D eigenvalue weighted by molar-refractivity contribution is -0.178. The minimum absolute atomic E-state index is 0.118. The van der Waals surface area contributed by atoms with Crippen molar-refractivity contribution in [2.24, 2.45) is 0 Å². The highest BCUT2D eigenvalue weighted by atomic mass is 16.6. The molecule has 1 atom stereocenters. The average Bonchev–Trinajstić information content (AvgIpc) is 2.83. The van der Waals surface area contributed by atoms with Gasteiger partial charge in [0.25, 0.3) is 0 Å². The zero-order chi connectivity index (χ0) is 32.1. The van der Waals surface area contributed by atoms with E-state index in [9.17, 15) is 43.8 Å². The summed E-state index contributed by atoms with van der Waals surface area (Å²) in [6, 6.07) is 0. The molecule has 41 heavy (non-hydrogen) atoms. The van der Waals surface area contributed by atoms with Gasteiger partial charge in [0.05, 0.1) is 45.5 Å². The fraction of sp³-hybridized carbons (Fsp3) is 0.731. The van der Waals surface area contributed by atoms with Crippen LogP contribution in [0.25, 0.3) is 0 Å². The van der Waals surface area contributed by atoms with Crippen molar-refractivity contribution < 1.29 is 72.9 Å². The van der Waals surface area contributed by atoms with E-state index in [2.05, 4.69) is 4.74 Å². The number of hydrogen-bond donors (Lipinski definition) is 4. The SMILES string of the molecule is CC(=O)OC(=O)CC(O)(CC(=O)O)C(=O)O.CCCCOC(=O)CC(O)(CC(=O)OCCCC)C(=O)OCCCC. The number of rotatable bonds is 19. The number of aliphatic hydroxyl groups is 2. The Labute approximate surface area is 238 Å². The second kappa shape index (κ2) is 21.2. The number of unbranched alkanes of at least 4 members (excludes halogenated alkanes) is 3. The van der Waals surface area contributed by atoms with Gasteiger partial charge in [-0.3, -0.25) is 24.0 Å². The normalized spacial score (nSPS) is 12.0. The Morgan fingerprint density at radius 3 is 1.32 bits per heavy atom. The van der Waals surface area contributed by atoms with Crippen molar-refractivity contribution in [3.8, 4) is 0 Å². The number of carboxylic acids is 2. The van der Waals surface area contributed by atoms with Crippen LogP contribution in [0.4, 0.5) is 0 Å². The third-order valence-electron chi connectivity index (χ3n) is 5.04. The minimum atomic E-state index is -2.78. The Kier molecular flexibility index (Phi) is 20.4. The van der Waals surface area contributed by atoms with Gasteiger partial charge >= 0.3 is 41.8 Å². The van der Waals surface area contributed by atoms with Gasteiger partial charge < -0.3 is 39.4 Å². The van der Waals surface area contributed by atoms with Crippen LogP contribution >= 0.6 is 0 Å². The first-order valence-electron chi connectivity index (χ1n) is 13.2. The summed E-state index contributed by atoms with van der Waals surface area (Å²) in [5, 5.41) is 36.8. The van der Waals surface area contributed by atoms with E-state index in [-0.39, 0.29) is 19.8 Å². The standard InChI is InChI=1S/C18H32O7.C8H10O8/c1-4-7-10-23-15(19)13-18(22,17(21)25-12-9-6-3)14-16(20)24-11-8-5-2;1-4(9)16-6(12)3-8(15,7(13)14)2-5(10)11/h22H,4-14H2,1-3H3;15H,2-3H2,1H3,(H,10,11)(H,13,14). The van der Waals surface area contributed by atoms with Crippen LogP contribution in [-0.2, 0) is 52.5 Å². The summed E-state index contributed by atoms with van der Waals surface area (Å²) in [5.74, 6) is -8.25. The van der Waals surface area contributed by atoms with Crippen LogP contribution in [-0.4, -0.2) is 93.2 Å². The molecular weight excluding hydrogens is 552 g/mol. The molecule has 0 fully saturated rings.